The van der Waals surface area contributed by atoms with Gasteiger partial charge >= 0.3 is 0 Å². The molecule has 22 heavy (non-hydrogen) atoms. The first-order valence-electron chi connectivity index (χ1n) is 6.36. The summed E-state index contributed by atoms with van der Waals surface area (Å²) in [4.78, 5) is 20.0. The maximum Gasteiger partial charge on any atom is 0.277 e. The van der Waals surface area contributed by atoms with E-state index in [0.717, 1.165) is 21.8 Å². The Balaban J connectivity index is 1.95. The van der Waals surface area contributed by atoms with E-state index in [2.05, 4.69) is 15.3 Å². The van der Waals surface area contributed by atoms with Crippen LogP contribution in [0.4, 0.5) is 15.8 Å². The zero-order chi connectivity index (χ0) is 15.5. The number of nitrogens with two attached hydrogens (primary N) is 1. The van der Waals surface area contributed by atoms with Gasteiger partial charge in [0.2, 0.25) is 0 Å². The van der Waals surface area contributed by atoms with Crippen molar-refractivity contribution in [1.82, 2.24) is 9.97 Å². The fraction of sp³-hybridized carbons (Fsp3) is 0. The summed E-state index contributed by atoms with van der Waals surface area (Å²) in [5, 5.41) is 3.42. The van der Waals surface area contributed by atoms with E-state index in [0.29, 0.717) is 0 Å². The van der Waals surface area contributed by atoms with E-state index in [9.17, 15) is 9.18 Å². The molecule has 3 rings (SSSR count). The number of benzene rings is 1. The van der Waals surface area contributed by atoms with Crippen molar-refractivity contribution >= 4 is 28.6 Å². The second-order valence-corrected chi connectivity index (χ2v) is 5.48. The van der Waals surface area contributed by atoms with Gasteiger partial charge in [-0.3, -0.25) is 9.78 Å². The molecule has 0 fully saturated rings. The molecule has 0 saturated carbocycles. The average molecular weight is 314 g/mol. The third-order valence-electron chi connectivity index (χ3n) is 2.93. The molecule has 0 radical (unpaired) electrons. The summed E-state index contributed by atoms with van der Waals surface area (Å²) in [5.41, 5.74) is 7.53. The third-order valence-corrected chi connectivity index (χ3v) is 3.97. The molecule has 7 heteroatoms. The minimum Gasteiger partial charge on any atom is -0.364 e. The van der Waals surface area contributed by atoms with Crippen molar-refractivity contribution in [2.75, 3.05) is 5.32 Å². The van der Waals surface area contributed by atoms with Crippen LogP contribution < -0.4 is 11.1 Å². The maximum atomic E-state index is 13.0. The van der Waals surface area contributed by atoms with Crippen molar-refractivity contribution in [2.24, 2.45) is 5.73 Å². The smallest absolute Gasteiger partial charge is 0.277 e. The Kier molecular flexibility index (Phi) is 3.80. The first-order valence-corrected chi connectivity index (χ1v) is 7.18. The monoisotopic (exact) mass is 314 g/mol. The molecule has 0 aliphatic rings. The Labute approximate surface area is 129 Å². The number of aromatic nitrogens is 2. The summed E-state index contributed by atoms with van der Waals surface area (Å²) in [6.45, 7) is 0. The van der Waals surface area contributed by atoms with Gasteiger partial charge < -0.3 is 11.1 Å². The van der Waals surface area contributed by atoms with Crippen LogP contribution >= 0.6 is 11.3 Å². The lowest BCUT2D eigenvalue weighted by molar-refractivity contribution is 0.1000. The van der Waals surface area contributed by atoms with Crippen LogP contribution in [0, 0.1) is 5.82 Å². The summed E-state index contributed by atoms with van der Waals surface area (Å²) in [5.74, 6) is -0.858. The van der Waals surface area contributed by atoms with Gasteiger partial charge in [0.1, 0.15) is 5.82 Å². The van der Waals surface area contributed by atoms with Crippen molar-refractivity contribution in [3.63, 3.8) is 0 Å². The Morgan fingerprint density at radius 1 is 1.18 bits per heavy atom. The normalized spacial score (nSPS) is 10.4. The standard InChI is InChI=1S/C15H11FN4OS/c16-9-1-3-10(4-2-9)20-12-7-18-6-5-11(12)13-8-19-15(22-13)14(17)21/h1-8,20H,(H2,17,21). The molecule has 3 N–H and O–H groups in total. The van der Waals surface area contributed by atoms with Gasteiger partial charge in [-0.05, 0) is 30.3 Å². The molecule has 0 aliphatic carbocycles. The van der Waals surface area contributed by atoms with Gasteiger partial charge in [-0.2, -0.15) is 0 Å². The molecule has 0 bridgehead atoms. The Morgan fingerprint density at radius 3 is 2.64 bits per heavy atom. The number of primary amides is 1. The number of nitrogens with zero attached hydrogens (tertiary/aromatic N) is 2. The van der Waals surface area contributed by atoms with Crippen molar-refractivity contribution in [1.29, 1.82) is 0 Å². The summed E-state index contributed by atoms with van der Waals surface area (Å²) < 4.78 is 13.0. The van der Waals surface area contributed by atoms with Gasteiger partial charge in [-0.15, -0.1) is 11.3 Å². The van der Waals surface area contributed by atoms with E-state index in [-0.39, 0.29) is 10.8 Å². The van der Waals surface area contributed by atoms with Crippen molar-refractivity contribution < 1.29 is 9.18 Å². The van der Waals surface area contributed by atoms with E-state index < -0.39 is 5.91 Å². The maximum absolute atomic E-state index is 13.0. The molecule has 0 unspecified atom stereocenters. The fourth-order valence-electron chi connectivity index (χ4n) is 1.91. The van der Waals surface area contributed by atoms with Gasteiger partial charge in [0.15, 0.2) is 5.01 Å². The van der Waals surface area contributed by atoms with Crippen molar-refractivity contribution in [3.05, 3.63) is 59.7 Å². The van der Waals surface area contributed by atoms with Crippen LogP contribution in [0.15, 0.2) is 48.9 Å². The molecule has 2 heterocycles. The average Bonchev–Trinajstić information content (AvgIpc) is 3.00. The second-order valence-electron chi connectivity index (χ2n) is 4.45. The molecule has 0 saturated heterocycles. The summed E-state index contributed by atoms with van der Waals surface area (Å²) in [7, 11) is 0. The predicted octanol–water partition coefficient (Wildman–Crippen LogP) is 3.19. The van der Waals surface area contributed by atoms with Crippen LogP contribution in [-0.4, -0.2) is 15.9 Å². The molecule has 3 aromatic rings. The number of hydrogen-bond donors (Lipinski definition) is 2. The van der Waals surface area contributed by atoms with Crippen LogP contribution in [0.1, 0.15) is 9.80 Å². The zero-order valence-corrected chi connectivity index (χ0v) is 12.1. The highest BCUT2D eigenvalue weighted by Crippen LogP contribution is 2.33. The highest BCUT2D eigenvalue weighted by Gasteiger charge is 2.12. The molecule has 0 aliphatic heterocycles. The summed E-state index contributed by atoms with van der Waals surface area (Å²) in [6, 6.07) is 7.82. The predicted molar refractivity (Wildman–Crippen MR) is 83.5 cm³/mol. The molecule has 2 aromatic heterocycles. The summed E-state index contributed by atoms with van der Waals surface area (Å²) >= 11 is 1.21. The molecular weight excluding hydrogens is 303 g/mol. The fourth-order valence-corrected chi connectivity index (χ4v) is 2.72. The van der Waals surface area contributed by atoms with E-state index in [1.54, 1.807) is 30.7 Å². The number of amides is 1. The number of carbonyl (C=O) groups is 1. The lowest BCUT2D eigenvalue weighted by Crippen LogP contribution is -2.09. The van der Waals surface area contributed by atoms with Crippen LogP contribution in [0.3, 0.4) is 0 Å². The zero-order valence-electron chi connectivity index (χ0n) is 11.3. The SMILES string of the molecule is NC(=O)c1ncc(-c2ccncc2Nc2ccc(F)cc2)s1. The topological polar surface area (TPSA) is 80.9 Å². The number of rotatable bonds is 4. The van der Waals surface area contributed by atoms with Gasteiger partial charge in [-0.25, -0.2) is 9.37 Å². The molecule has 5 nitrogen and oxygen atoms in total. The minimum absolute atomic E-state index is 0.250. The number of carbonyl (C=O) groups excluding carboxylic acids is 1. The van der Waals surface area contributed by atoms with Crippen molar-refractivity contribution in [2.45, 2.75) is 0 Å². The highest BCUT2D eigenvalue weighted by atomic mass is 32.1. The number of thiazole rings is 1. The highest BCUT2D eigenvalue weighted by molar-refractivity contribution is 7.17. The van der Waals surface area contributed by atoms with Crippen LogP contribution in [-0.2, 0) is 0 Å². The van der Waals surface area contributed by atoms with Crippen LogP contribution in [0.25, 0.3) is 10.4 Å². The largest absolute Gasteiger partial charge is 0.364 e. The third kappa shape index (κ3) is 2.94. The van der Waals surface area contributed by atoms with E-state index in [1.165, 1.54) is 23.5 Å². The van der Waals surface area contributed by atoms with E-state index in [1.807, 2.05) is 6.07 Å². The lowest BCUT2D eigenvalue weighted by atomic mass is 10.2. The van der Waals surface area contributed by atoms with Gasteiger partial charge in [0.05, 0.1) is 16.8 Å². The number of halogens is 1. The number of nitrogens with one attached hydrogen (secondary N) is 1. The quantitative estimate of drug-likeness (QED) is 0.775. The van der Waals surface area contributed by atoms with Gasteiger partial charge in [0, 0.05) is 23.6 Å². The van der Waals surface area contributed by atoms with E-state index in [4.69, 9.17) is 5.73 Å². The van der Waals surface area contributed by atoms with Gasteiger partial charge in [0.25, 0.3) is 5.91 Å². The molecule has 0 atom stereocenters. The summed E-state index contributed by atoms with van der Waals surface area (Å²) in [6.07, 6.45) is 4.90. The molecule has 1 amide bonds. The van der Waals surface area contributed by atoms with Crippen LogP contribution in [0.5, 0.6) is 0 Å². The first-order chi connectivity index (χ1) is 10.6. The van der Waals surface area contributed by atoms with Gasteiger partial charge in [-0.1, -0.05) is 0 Å². The second kappa shape index (κ2) is 5.90. The van der Waals surface area contributed by atoms with E-state index >= 15 is 0 Å². The molecule has 110 valence electrons. The van der Waals surface area contributed by atoms with Crippen molar-refractivity contribution in [3.8, 4) is 10.4 Å². The first kappa shape index (κ1) is 14.2. The Bertz CT molecular complexity index is 816. The molecular formula is C15H11FN4OS. The Morgan fingerprint density at radius 2 is 1.95 bits per heavy atom. The van der Waals surface area contributed by atoms with Crippen LogP contribution in [0.2, 0.25) is 0 Å². The minimum atomic E-state index is -0.557. The Hall–Kier alpha value is -2.80. The molecule has 0 spiro atoms. The number of hydrogen-bond acceptors (Lipinski definition) is 5. The number of anilines is 2. The lowest BCUT2D eigenvalue weighted by Gasteiger charge is -2.10. The number of pyridine rings is 1. The molecule has 1 aromatic carbocycles.